The predicted octanol–water partition coefficient (Wildman–Crippen LogP) is 2.98. The maximum Gasteiger partial charge on any atom is 0.252 e. The number of sulfonamides is 1. The van der Waals surface area contributed by atoms with E-state index in [-0.39, 0.29) is 0 Å². The lowest BCUT2D eigenvalue weighted by molar-refractivity contribution is 0.392. The molecule has 0 unspecified atom stereocenters. The van der Waals surface area contributed by atoms with Crippen molar-refractivity contribution >= 4 is 32.3 Å². The number of nitrogens with zero attached hydrogens (tertiary/aromatic N) is 1. The number of rotatable bonds is 2. The lowest BCUT2D eigenvalue weighted by atomic mass is 10.1. The Balaban J connectivity index is 1.77. The first kappa shape index (κ1) is 13.1. The molecule has 3 heterocycles. The molecule has 0 saturated carbocycles. The van der Waals surface area contributed by atoms with Crippen LogP contribution in [0.1, 0.15) is 11.3 Å². The van der Waals surface area contributed by atoms with Gasteiger partial charge in [0.15, 0.2) is 0 Å². The first-order valence-corrected chi connectivity index (χ1v) is 9.10. The van der Waals surface area contributed by atoms with Crippen molar-refractivity contribution in [1.82, 2.24) is 9.29 Å². The summed E-state index contributed by atoms with van der Waals surface area (Å²) in [5, 5.41) is 2.92. The molecule has 2 aromatic heterocycles. The summed E-state index contributed by atoms with van der Waals surface area (Å²) in [6.45, 7) is 0.972. The van der Waals surface area contributed by atoms with Crippen molar-refractivity contribution in [2.75, 3.05) is 6.54 Å². The minimum atomic E-state index is -3.37. The number of para-hydroxylation sites is 1. The highest BCUT2D eigenvalue weighted by atomic mass is 32.2. The van der Waals surface area contributed by atoms with Crippen LogP contribution in [0, 0.1) is 0 Å². The average molecular weight is 318 g/mol. The molecule has 0 saturated heterocycles. The van der Waals surface area contributed by atoms with Crippen LogP contribution < -0.4 is 0 Å². The van der Waals surface area contributed by atoms with E-state index in [1.54, 1.807) is 21.8 Å². The summed E-state index contributed by atoms with van der Waals surface area (Å²) in [6.07, 6.45) is 0.731. The summed E-state index contributed by atoms with van der Waals surface area (Å²) >= 11 is 1.27. The maximum absolute atomic E-state index is 12.6. The zero-order chi connectivity index (χ0) is 14.4. The molecule has 1 aliphatic heterocycles. The molecule has 1 aromatic carbocycles. The van der Waals surface area contributed by atoms with Gasteiger partial charge in [-0.15, -0.1) is 11.3 Å². The largest absolute Gasteiger partial charge is 0.358 e. The number of thiophene rings is 1. The standard InChI is InChI=1S/C15H14N2O2S2/c18-21(19,15-6-3-9-20-15)17-8-7-14-12(10-17)11-4-1-2-5-13(11)16-14/h1-6,9,16H,7-8,10H2. The van der Waals surface area contributed by atoms with Gasteiger partial charge in [-0.05, 0) is 23.1 Å². The summed E-state index contributed by atoms with van der Waals surface area (Å²) in [5.74, 6) is 0. The number of aromatic nitrogens is 1. The monoisotopic (exact) mass is 318 g/mol. The SMILES string of the molecule is O=S(=O)(c1cccs1)N1CCc2[nH]c3ccccc3c2C1. The van der Waals surface area contributed by atoms with Crippen molar-refractivity contribution in [1.29, 1.82) is 0 Å². The van der Waals surface area contributed by atoms with Gasteiger partial charge >= 0.3 is 0 Å². The Morgan fingerprint density at radius 3 is 2.81 bits per heavy atom. The molecular weight excluding hydrogens is 304 g/mol. The zero-order valence-corrected chi connectivity index (χ0v) is 12.9. The fraction of sp³-hybridized carbons (Fsp3) is 0.200. The topological polar surface area (TPSA) is 53.2 Å². The molecule has 0 fully saturated rings. The van der Waals surface area contributed by atoms with Gasteiger partial charge in [-0.2, -0.15) is 4.31 Å². The van der Waals surface area contributed by atoms with E-state index in [1.807, 2.05) is 24.3 Å². The summed E-state index contributed by atoms with van der Waals surface area (Å²) < 4.78 is 27.3. The zero-order valence-electron chi connectivity index (χ0n) is 11.2. The molecule has 4 nitrogen and oxygen atoms in total. The second-order valence-electron chi connectivity index (χ2n) is 5.15. The van der Waals surface area contributed by atoms with Gasteiger partial charge in [-0.1, -0.05) is 24.3 Å². The Morgan fingerprint density at radius 2 is 2.00 bits per heavy atom. The van der Waals surface area contributed by atoms with Gasteiger partial charge in [0.25, 0.3) is 10.0 Å². The molecule has 3 aromatic rings. The summed E-state index contributed by atoms with van der Waals surface area (Å²) in [7, 11) is -3.37. The lowest BCUT2D eigenvalue weighted by Gasteiger charge is -2.25. The van der Waals surface area contributed by atoms with E-state index < -0.39 is 10.0 Å². The van der Waals surface area contributed by atoms with E-state index in [0.29, 0.717) is 17.3 Å². The van der Waals surface area contributed by atoms with Crippen LogP contribution >= 0.6 is 11.3 Å². The molecule has 4 rings (SSSR count). The fourth-order valence-electron chi connectivity index (χ4n) is 2.88. The molecule has 0 spiro atoms. The molecule has 21 heavy (non-hydrogen) atoms. The smallest absolute Gasteiger partial charge is 0.252 e. The van der Waals surface area contributed by atoms with Crippen LogP contribution in [0.4, 0.5) is 0 Å². The highest BCUT2D eigenvalue weighted by molar-refractivity contribution is 7.91. The number of benzene rings is 1. The van der Waals surface area contributed by atoms with Gasteiger partial charge in [0.05, 0.1) is 0 Å². The van der Waals surface area contributed by atoms with Crippen LogP contribution in [0.2, 0.25) is 0 Å². The highest BCUT2D eigenvalue weighted by Gasteiger charge is 2.30. The van der Waals surface area contributed by atoms with Crippen LogP contribution in [-0.2, 0) is 23.0 Å². The third kappa shape index (κ3) is 2.02. The van der Waals surface area contributed by atoms with Crippen molar-refractivity contribution < 1.29 is 8.42 Å². The van der Waals surface area contributed by atoms with Crippen LogP contribution in [-0.4, -0.2) is 24.3 Å². The molecule has 1 N–H and O–H groups in total. The first-order chi connectivity index (χ1) is 10.2. The van der Waals surface area contributed by atoms with Gasteiger partial charge in [0, 0.05) is 36.1 Å². The third-order valence-corrected chi connectivity index (χ3v) is 7.16. The molecule has 0 amide bonds. The molecule has 0 aliphatic carbocycles. The Morgan fingerprint density at radius 1 is 1.14 bits per heavy atom. The quantitative estimate of drug-likeness (QED) is 0.790. The summed E-state index contributed by atoms with van der Waals surface area (Å²) in [5.41, 5.74) is 3.35. The molecule has 0 atom stereocenters. The van der Waals surface area contributed by atoms with Gasteiger partial charge in [-0.3, -0.25) is 0 Å². The second-order valence-corrected chi connectivity index (χ2v) is 8.26. The van der Waals surface area contributed by atoms with Crippen molar-refractivity contribution in [3.63, 3.8) is 0 Å². The minimum absolute atomic E-state index is 0.422. The molecular formula is C15H14N2O2S2. The van der Waals surface area contributed by atoms with Gasteiger partial charge in [-0.25, -0.2) is 8.42 Å². The van der Waals surface area contributed by atoms with Crippen LogP contribution in [0.5, 0.6) is 0 Å². The van der Waals surface area contributed by atoms with Gasteiger partial charge in [0.1, 0.15) is 4.21 Å². The second kappa shape index (κ2) is 4.69. The van der Waals surface area contributed by atoms with Gasteiger partial charge < -0.3 is 4.98 Å². The maximum atomic E-state index is 12.6. The van der Waals surface area contributed by atoms with E-state index in [9.17, 15) is 8.42 Å². The predicted molar refractivity (Wildman–Crippen MR) is 83.9 cm³/mol. The fourth-order valence-corrected chi connectivity index (χ4v) is 5.44. The van der Waals surface area contributed by atoms with E-state index >= 15 is 0 Å². The molecule has 108 valence electrons. The van der Waals surface area contributed by atoms with Crippen LogP contribution in [0.3, 0.4) is 0 Å². The van der Waals surface area contributed by atoms with Crippen LogP contribution in [0.15, 0.2) is 46.0 Å². The Kier molecular flexibility index (Phi) is 2.92. The minimum Gasteiger partial charge on any atom is -0.358 e. The first-order valence-electron chi connectivity index (χ1n) is 6.78. The van der Waals surface area contributed by atoms with E-state index in [0.717, 1.165) is 28.6 Å². The van der Waals surface area contributed by atoms with Gasteiger partial charge in [0.2, 0.25) is 0 Å². The number of aromatic amines is 1. The Labute approximate surface area is 127 Å². The third-order valence-electron chi connectivity index (χ3n) is 3.94. The number of H-pyrrole nitrogens is 1. The normalized spacial score (nSPS) is 16.2. The molecule has 0 radical (unpaired) electrons. The number of nitrogens with one attached hydrogen (secondary N) is 1. The van der Waals surface area contributed by atoms with Crippen molar-refractivity contribution in [2.45, 2.75) is 17.2 Å². The highest BCUT2D eigenvalue weighted by Crippen LogP contribution is 2.31. The number of hydrogen-bond donors (Lipinski definition) is 1. The van der Waals surface area contributed by atoms with E-state index in [4.69, 9.17) is 0 Å². The summed E-state index contributed by atoms with van der Waals surface area (Å²) in [4.78, 5) is 3.40. The molecule has 0 bridgehead atoms. The van der Waals surface area contributed by atoms with Crippen molar-refractivity contribution in [3.05, 3.63) is 53.0 Å². The average Bonchev–Trinajstić information content (AvgIpc) is 3.14. The number of fused-ring (bicyclic) bond motifs is 3. The summed E-state index contributed by atoms with van der Waals surface area (Å²) in [6, 6.07) is 11.5. The Hall–Kier alpha value is -1.63. The molecule has 6 heteroatoms. The Bertz CT molecular complexity index is 895. The van der Waals surface area contributed by atoms with E-state index in [1.165, 1.54) is 11.3 Å². The van der Waals surface area contributed by atoms with Crippen molar-refractivity contribution in [3.8, 4) is 0 Å². The lowest BCUT2D eigenvalue weighted by Crippen LogP contribution is -2.35. The van der Waals surface area contributed by atoms with Crippen molar-refractivity contribution in [2.24, 2.45) is 0 Å². The molecule has 1 aliphatic rings. The number of hydrogen-bond acceptors (Lipinski definition) is 3. The van der Waals surface area contributed by atoms with Crippen LogP contribution in [0.25, 0.3) is 10.9 Å². The van der Waals surface area contributed by atoms with E-state index in [2.05, 4.69) is 4.98 Å².